The van der Waals surface area contributed by atoms with Gasteiger partial charge in [0.1, 0.15) is 0 Å². The topological polar surface area (TPSA) is 89.1 Å². The number of nitrogens with zero attached hydrogens (tertiary/aromatic N) is 4. The van der Waals surface area contributed by atoms with Crippen molar-refractivity contribution in [3.05, 3.63) is 54.0 Å². The van der Waals surface area contributed by atoms with Crippen molar-refractivity contribution in [1.29, 1.82) is 0 Å². The zero-order valence-electron chi connectivity index (χ0n) is 16.1. The number of anilines is 1. The van der Waals surface area contributed by atoms with Crippen molar-refractivity contribution in [3.63, 3.8) is 0 Å². The van der Waals surface area contributed by atoms with Gasteiger partial charge in [-0.25, -0.2) is 9.97 Å². The summed E-state index contributed by atoms with van der Waals surface area (Å²) in [6.07, 6.45) is 7.42. The SMILES string of the molecule is Cn1cc(CNCC2CCN(c3ncc(C(N)=O)cn3)CC2)c2ccccc21. The Morgan fingerprint density at radius 1 is 1.21 bits per heavy atom. The average Bonchev–Trinajstić information content (AvgIpc) is 3.05. The number of para-hydroxylation sites is 1. The van der Waals surface area contributed by atoms with Crippen LogP contribution in [-0.4, -0.2) is 40.1 Å². The van der Waals surface area contributed by atoms with E-state index in [1.807, 2.05) is 0 Å². The van der Waals surface area contributed by atoms with Gasteiger partial charge in [0.2, 0.25) is 5.95 Å². The molecule has 1 saturated heterocycles. The number of benzene rings is 1. The minimum absolute atomic E-state index is 0.344. The standard InChI is InChI=1S/C21H26N6O/c1-26-14-17(18-4-2-3-5-19(18)26)11-23-10-15-6-8-27(9-7-15)21-24-12-16(13-25-21)20(22)28/h2-5,12-15,23H,6-11H2,1H3,(H2,22,28). The zero-order chi connectivity index (χ0) is 19.5. The lowest BCUT2D eigenvalue weighted by Crippen LogP contribution is -2.38. The number of aryl methyl sites for hydroxylation is 1. The summed E-state index contributed by atoms with van der Waals surface area (Å²) in [6, 6.07) is 8.53. The van der Waals surface area contributed by atoms with Gasteiger partial charge in [0, 0.05) is 56.2 Å². The number of nitrogens with two attached hydrogens (primary N) is 1. The first kappa shape index (κ1) is 18.4. The quantitative estimate of drug-likeness (QED) is 0.685. The molecule has 1 aliphatic rings. The minimum Gasteiger partial charge on any atom is -0.366 e. The Morgan fingerprint density at radius 3 is 2.64 bits per heavy atom. The van der Waals surface area contributed by atoms with Gasteiger partial charge in [0.25, 0.3) is 5.91 Å². The molecular formula is C21H26N6O. The zero-order valence-corrected chi connectivity index (χ0v) is 16.1. The molecule has 3 heterocycles. The number of nitrogens with one attached hydrogen (secondary N) is 1. The molecule has 1 aliphatic heterocycles. The summed E-state index contributed by atoms with van der Waals surface area (Å²) in [6.45, 7) is 3.75. The van der Waals surface area contributed by atoms with E-state index in [0.717, 1.165) is 39.0 Å². The summed E-state index contributed by atoms with van der Waals surface area (Å²) in [7, 11) is 2.10. The molecule has 0 saturated carbocycles. The van der Waals surface area contributed by atoms with E-state index in [2.05, 4.69) is 62.3 Å². The molecule has 1 fully saturated rings. The molecule has 1 aromatic carbocycles. The van der Waals surface area contributed by atoms with Gasteiger partial charge in [0.05, 0.1) is 5.56 Å². The van der Waals surface area contributed by atoms with Crippen LogP contribution in [0.4, 0.5) is 5.95 Å². The van der Waals surface area contributed by atoms with E-state index in [0.29, 0.717) is 17.4 Å². The van der Waals surface area contributed by atoms with Crippen LogP contribution in [0.25, 0.3) is 10.9 Å². The number of fused-ring (bicyclic) bond motifs is 1. The number of hydrogen-bond donors (Lipinski definition) is 2. The second kappa shape index (κ2) is 7.98. The molecule has 0 unspecified atom stereocenters. The van der Waals surface area contributed by atoms with E-state index < -0.39 is 5.91 Å². The fourth-order valence-corrected chi connectivity index (χ4v) is 3.93. The van der Waals surface area contributed by atoms with Crippen LogP contribution in [-0.2, 0) is 13.6 Å². The molecule has 0 atom stereocenters. The lowest BCUT2D eigenvalue weighted by atomic mass is 9.97. The monoisotopic (exact) mass is 378 g/mol. The summed E-state index contributed by atoms with van der Waals surface area (Å²) in [5.41, 5.74) is 8.20. The summed E-state index contributed by atoms with van der Waals surface area (Å²) in [5.74, 6) is 0.825. The largest absolute Gasteiger partial charge is 0.366 e. The van der Waals surface area contributed by atoms with Crippen molar-refractivity contribution in [2.45, 2.75) is 19.4 Å². The molecule has 3 N–H and O–H groups in total. The molecule has 0 radical (unpaired) electrons. The fourth-order valence-electron chi connectivity index (χ4n) is 3.93. The highest BCUT2D eigenvalue weighted by molar-refractivity contribution is 5.92. The van der Waals surface area contributed by atoms with Gasteiger partial charge in [0.15, 0.2) is 0 Å². The maximum atomic E-state index is 11.1. The highest BCUT2D eigenvalue weighted by atomic mass is 16.1. The van der Waals surface area contributed by atoms with Gasteiger partial charge in [-0.2, -0.15) is 0 Å². The van der Waals surface area contributed by atoms with E-state index in [-0.39, 0.29) is 0 Å². The highest BCUT2D eigenvalue weighted by Gasteiger charge is 2.21. The summed E-state index contributed by atoms with van der Waals surface area (Å²) >= 11 is 0. The number of carbonyl (C=O) groups is 1. The number of hydrogen-bond acceptors (Lipinski definition) is 5. The number of piperidine rings is 1. The molecule has 0 spiro atoms. The van der Waals surface area contributed by atoms with E-state index in [1.54, 1.807) is 0 Å². The van der Waals surface area contributed by atoms with Crippen LogP contribution in [0.5, 0.6) is 0 Å². The third-order valence-electron chi connectivity index (χ3n) is 5.55. The van der Waals surface area contributed by atoms with Crippen LogP contribution in [0.15, 0.2) is 42.9 Å². The van der Waals surface area contributed by atoms with E-state index in [9.17, 15) is 4.79 Å². The van der Waals surface area contributed by atoms with E-state index >= 15 is 0 Å². The molecule has 7 nitrogen and oxygen atoms in total. The van der Waals surface area contributed by atoms with Gasteiger partial charge < -0.3 is 20.5 Å². The first-order valence-corrected chi connectivity index (χ1v) is 9.72. The molecule has 2 aromatic heterocycles. The number of rotatable bonds is 6. The summed E-state index contributed by atoms with van der Waals surface area (Å²) in [5, 5.41) is 4.96. The fraction of sp³-hybridized carbons (Fsp3) is 0.381. The van der Waals surface area contributed by atoms with Crippen molar-refractivity contribution in [2.24, 2.45) is 18.7 Å². The van der Waals surface area contributed by atoms with Gasteiger partial charge in [-0.15, -0.1) is 0 Å². The van der Waals surface area contributed by atoms with Crippen LogP contribution >= 0.6 is 0 Å². The first-order valence-electron chi connectivity index (χ1n) is 9.72. The number of primary amides is 1. The van der Waals surface area contributed by atoms with Crippen LogP contribution in [0.2, 0.25) is 0 Å². The maximum Gasteiger partial charge on any atom is 0.251 e. The Bertz CT molecular complexity index is 957. The Balaban J connectivity index is 1.27. The van der Waals surface area contributed by atoms with Crippen LogP contribution in [0, 0.1) is 5.92 Å². The summed E-state index contributed by atoms with van der Waals surface area (Å²) in [4.78, 5) is 21.9. The van der Waals surface area contributed by atoms with E-state index in [4.69, 9.17) is 5.73 Å². The van der Waals surface area contributed by atoms with Gasteiger partial charge >= 0.3 is 0 Å². The molecule has 0 aliphatic carbocycles. The first-order chi connectivity index (χ1) is 13.6. The third kappa shape index (κ3) is 3.84. The Labute approximate surface area is 164 Å². The Hall–Kier alpha value is -2.93. The van der Waals surface area contributed by atoms with Crippen molar-refractivity contribution in [1.82, 2.24) is 19.9 Å². The smallest absolute Gasteiger partial charge is 0.251 e. The Morgan fingerprint density at radius 2 is 1.93 bits per heavy atom. The molecule has 7 heteroatoms. The van der Waals surface area contributed by atoms with Crippen molar-refractivity contribution < 1.29 is 4.79 Å². The molecular weight excluding hydrogens is 352 g/mol. The highest BCUT2D eigenvalue weighted by Crippen LogP contribution is 2.22. The lowest BCUT2D eigenvalue weighted by molar-refractivity contribution is 0.0999. The van der Waals surface area contributed by atoms with Gasteiger partial charge in [-0.3, -0.25) is 4.79 Å². The predicted octanol–water partition coefficient (Wildman–Crippen LogP) is 2.07. The second-order valence-electron chi connectivity index (χ2n) is 7.48. The lowest BCUT2D eigenvalue weighted by Gasteiger charge is -2.32. The van der Waals surface area contributed by atoms with Crippen molar-refractivity contribution in [2.75, 3.05) is 24.5 Å². The molecule has 0 bridgehead atoms. The minimum atomic E-state index is -0.498. The number of aromatic nitrogens is 3. The van der Waals surface area contributed by atoms with Crippen LogP contribution < -0.4 is 16.0 Å². The molecule has 146 valence electrons. The second-order valence-corrected chi connectivity index (χ2v) is 7.48. The molecule has 3 aromatic rings. The Kier molecular flexibility index (Phi) is 5.25. The molecule has 4 rings (SSSR count). The molecule has 1 amide bonds. The third-order valence-corrected chi connectivity index (χ3v) is 5.55. The van der Waals surface area contributed by atoms with E-state index in [1.165, 1.54) is 28.9 Å². The maximum absolute atomic E-state index is 11.1. The van der Waals surface area contributed by atoms with Crippen molar-refractivity contribution >= 4 is 22.8 Å². The normalized spacial score (nSPS) is 15.2. The number of carbonyl (C=O) groups excluding carboxylic acids is 1. The molecule has 28 heavy (non-hydrogen) atoms. The summed E-state index contributed by atoms with van der Waals surface area (Å²) < 4.78 is 2.19. The van der Waals surface area contributed by atoms with Gasteiger partial charge in [-0.05, 0) is 36.9 Å². The van der Waals surface area contributed by atoms with Crippen LogP contribution in [0.1, 0.15) is 28.8 Å². The predicted molar refractivity (Wildman–Crippen MR) is 110 cm³/mol. The van der Waals surface area contributed by atoms with Gasteiger partial charge in [-0.1, -0.05) is 18.2 Å². The number of amides is 1. The van der Waals surface area contributed by atoms with Crippen molar-refractivity contribution in [3.8, 4) is 0 Å². The average molecular weight is 378 g/mol. The van der Waals surface area contributed by atoms with Crippen LogP contribution in [0.3, 0.4) is 0 Å².